The normalized spacial score (nSPS) is 12.0. The lowest BCUT2D eigenvalue weighted by Crippen LogP contribution is -2.40. The zero-order valence-electron chi connectivity index (χ0n) is 14.1. The number of hydrogen-bond donors (Lipinski definition) is 1. The van der Waals surface area contributed by atoms with Crippen molar-refractivity contribution in [2.24, 2.45) is 5.92 Å². The molecule has 0 aliphatic carbocycles. The number of rotatable bonds is 7. The first kappa shape index (κ1) is 17.9. The summed E-state index contributed by atoms with van der Waals surface area (Å²) >= 11 is 0. The lowest BCUT2D eigenvalue weighted by Gasteiger charge is -2.21. The van der Waals surface area contributed by atoms with Crippen molar-refractivity contribution in [3.05, 3.63) is 17.8 Å². The molecule has 122 valence electrons. The van der Waals surface area contributed by atoms with Gasteiger partial charge in [-0.2, -0.15) is 5.10 Å². The van der Waals surface area contributed by atoms with Gasteiger partial charge in [0.2, 0.25) is 11.8 Å². The van der Waals surface area contributed by atoms with Crippen LogP contribution in [0.3, 0.4) is 0 Å². The molecule has 6 heteroatoms. The molecule has 0 bridgehead atoms. The van der Waals surface area contributed by atoms with Gasteiger partial charge in [0.1, 0.15) is 0 Å². The van der Waals surface area contributed by atoms with E-state index >= 15 is 0 Å². The average molecular weight is 307 g/mol. The van der Waals surface area contributed by atoms with E-state index in [1.165, 1.54) is 24.7 Å². The molecule has 0 aromatic carbocycles. The van der Waals surface area contributed by atoms with Crippen molar-refractivity contribution in [2.45, 2.75) is 47.1 Å². The Hall–Kier alpha value is -2.11. The van der Waals surface area contributed by atoms with Crippen molar-refractivity contribution in [1.29, 1.82) is 0 Å². The smallest absolute Gasteiger partial charge is 0.227 e. The second-order valence-corrected chi connectivity index (χ2v) is 6.29. The Balaban J connectivity index is 3.03. The largest absolute Gasteiger partial charge is 0.477 e. The number of nitrogens with zero attached hydrogens (tertiary/aromatic N) is 2. The Morgan fingerprint density at radius 3 is 2.55 bits per heavy atom. The van der Waals surface area contributed by atoms with E-state index in [0.717, 1.165) is 0 Å². The number of nitrogens with one attached hydrogen (secondary N) is 1. The van der Waals surface area contributed by atoms with E-state index in [2.05, 4.69) is 10.4 Å². The van der Waals surface area contributed by atoms with Crippen LogP contribution in [0.25, 0.3) is 6.20 Å². The number of Topliss-reactive ketones (excluding diaryl/α,β-unsaturated/α-hetero) is 1. The van der Waals surface area contributed by atoms with Crippen LogP contribution in [0.1, 0.15) is 51.9 Å². The monoisotopic (exact) mass is 307 g/mol. The van der Waals surface area contributed by atoms with Gasteiger partial charge in [-0.25, -0.2) is 4.68 Å². The summed E-state index contributed by atoms with van der Waals surface area (Å²) in [6, 6.07) is 0. The molecule has 0 fully saturated rings. The third kappa shape index (κ3) is 5.35. The third-order valence-corrected chi connectivity index (χ3v) is 2.81. The minimum Gasteiger partial charge on any atom is -0.477 e. The lowest BCUT2D eigenvalue weighted by atomic mass is 10.1. The predicted octanol–water partition coefficient (Wildman–Crippen LogP) is 2.51. The number of carbonyl (C=O) groups is 2. The number of ketones is 1. The van der Waals surface area contributed by atoms with Gasteiger partial charge in [-0.1, -0.05) is 13.8 Å². The molecular weight excluding hydrogens is 282 g/mol. The van der Waals surface area contributed by atoms with Gasteiger partial charge >= 0.3 is 0 Å². The SMILES string of the molecule is CC(=O)NC(C)(C)/C=C/n1ncc(C(C)=O)c1OCC(C)C. The summed E-state index contributed by atoms with van der Waals surface area (Å²) in [4.78, 5) is 22.8. The van der Waals surface area contributed by atoms with Gasteiger partial charge in [-0.15, -0.1) is 0 Å². The van der Waals surface area contributed by atoms with Crippen molar-refractivity contribution in [3.8, 4) is 5.88 Å². The molecule has 0 aliphatic heterocycles. The van der Waals surface area contributed by atoms with Gasteiger partial charge in [0, 0.05) is 13.1 Å². The molecule has 0 radical (unpaired) electrons. The predicted molar refractivity (Wildman–Crippen MR) is 85.8 cm³/mol. The van der Waals surface area contributed by atoms with Crippen LogP contribution < -0.4 is 10.1 Å². The molecule has 0 atom stereocenters. The number of hydrogen-bond acceptors (Lipinski definition) is 4. The molecule has 1 aromatic rings. The number of ether oxygens (including phenoxy) is 1. The highest BCUT2D eigenvalue weighted by atomic mass is 16.5. The first-order valence-corrected chi connectivity index (χ1v) is 7.31. The van der Waals surface area contributed by atoms with Crippen molar-refractivity contribution >= 4 is 17.9 Å². The van der Waals surface area contributed by atoms with Crippen molar-refractivity contribution < 1.29 is 14.3 Å². The molecule has 1 aromatic heterocycles. The average Bonchev–Trinajstić information content (AvgIpc) is 2.75. The molecule has 1 amide bonds. The van der Waals surface area contributed by atoms with Crippen LogP contribution in [0, 0.1) is 5.92 Å². The van der Waals surface area contributed by atoms with Gasteiger partial charge in [0.25, 0.3) is 0 Å². The van der Waals surface area contributed by atoms with Gasteiger partial charge in [-0.05, 0) is 32.8 Å². The Morgan fingerprint density at radius 1 is 1.41 bits per heavy atom. The summed E-state index contributed by atoms with van der Waals surface area (Å²) in [6.07, 6.45) is 4.99. The minimum absolute atomic E-state index is 0.0977. The van der Waals surface area contributed by atoms with Crippen molar-refractivity contribution in [2.75, 3.05) is 6.61 Å². The van der Waals surface area contributed by atoms with Crippen LogP contribution in [0.5, 0.6) is 5.88 Å². The standard InChI is InChI=1S/C16H25N3O3/c1-11(2)10-22-15-14(12(3)20)9-17-19(15)8-7-16(5,6)18-13(4)21/h7-9,11H,10H2,1-6H3,(H,18,21)/b8-7+. The lowest BCUT2D eigenvalue weighted by molar-refractivity contribution is -0.120. The van der Waals surface area contributed by atoms with Crippen LogP contribution in [0.2, 0.25) is 0 Å². The first-order chi connectivity index (χ1) is 10.1. The molecule has 0 unspecified atom stereocenters. The molecule has 1 heterocycles. The highest BCUT2D eigenvalue weighted by Gasteiger charge is 2.18. The Morgan fingerprint density at radius 2 is 2.05 bits per heavy atom. The number of carbonyl (C=O) groups excluding carboxylic acids is 2. The molecule has 6 nitrogen and oxygen atoms in total. The van der Waals surface area contributed by atoms with Gasteiger partial charge in [0.15, 0.2) is 5.78 Å². The van der Waals surface area contributed by atoms with Crippen LogP contribution in [0.4, 0.5) is 0 Å². The zero-order chi connectivity index (χ0) is 16.9. The Bertz CT molecular complexity index is 571. The number of aromatic nitrogens is 2. The molecule has 0 saturated carbocycles. The van der Waals surface area contributed by atoms with Crippen LogP contribution in [-0.4, -0.2) is 33.6 Å². The van der Waals surface area contributed by atoms with E-state index in [0.29, 0.717) is 24.0 Å². The van der Waals surface area contributed by atoms with E-state index in [9.17, 15) is 9.59 Å². The minimum atomic E-state index is -0.524. The molecule has 0 aliphatic rings. The first-order valence-electron chi connectivity index (χ1n) is 7.31. The molecule has 22 heavy (non-hydrogen) atoms. The van der Waals surface area contributed by atoms with E-state index in [1.807, 2.05) is 27.7 Å². The van der Waals surface area contributed by atoms with Crippen molar-refractivity contribution in [1.82, 2.24) is 15.1 Å². The fraction of sp³-hybridized carbons (Fsp3) is 0.562. The summed E-state index contributed by atoms with van der Waals surface area (Å²) < 4.78 is 7.23. The highest BCUT2D eigenvalue weighted by Crippen LogP contribution is 2.20. The summed E-state index contributed by atoms with van der Waals surface area (Å²) in [5.41, 5.74) is -0.0774. The molecule has 0 spiro atoms. The quantitative estimate of drug-likeness (QED) is 0.786. The Labute approximate surface area is 131 Å². The fourth-order valence-corrected chi connectivity index (χ4v) is 1.84. The Kier molecular flexibility index (Phi) is 5.91. The fourth-order valence-electron chi connectivity index (χ4n) is 1.84. The summed E-state index contributed by atoms with van der Waals surface area (Å²) in [7, 11) is 0. The second kappa shape index (κ2) is 7.24. The van der Waals surface area contributed by atoms with E-state index in [4.69, 9.17) is 4.74 Å². The van der Waals surface area contributed by atoms with E-state index in [1.54, 1.807) is 12.3 Å². The highest BCUT2D eigenvalue weighted by molar-refractivity contribution is 5.96. The maximum atomic E-state index is 11.7. The molecule has 1 rings (SSSR count). The third-order valence-electron chi connectivity index (χ3n) is 2.81. The number of amides is 1. The molecule has 0 saturated heterocycles. The summed E-state index contributed by atoms with van der Waals surface area (Å²) in [6.45, 7) is 11.2. The van der Waals surface area contributed by atoms with Gasteiger partial charge in [0.05, 0.1) is 23.9 Å². The van der Waals surface area contributed by atoms with Gasteiger partial charge < -0.3 is 10.1 Å². The van der Waals surface area contributed by atoms with Crippen LogP contribution in [0.15, 0.2) is 12.3 Å². The molecular formula is C16H25N3O3. The maximum absolute atomic E-state index is 11.7. The van der Waals surface area contributed by atoms with Crippen LogP contribution in [-0.2, 0) is 4.79 Å². The summed E-state index contributed by atoms with van der Waals surface area (Å²) in [5.74, 6) is 0.550. The molecule has 1 N–H and O–H groups in total. The maximum Gasteiger partial charge on any atom is 0.227 e. The topological polar surface area (TPSA) is 73.2 Å². The van der Waals surface area contributed by atoms with Crippen molar-refractivity contribution in [3.63, 3.8) is 0 Å². The van der Waals surface area contributed by atoms with E-state index in [-0.39, 0.29) is 11.7 Å². The summed E-state index contributed by atoms with van der Waals surface area (Å²) in [5, 5.41) is 6.98. The van der Waals surface area contributed by atoms with Crippen LogP contribution >= 0.6 is 0 Å². The zero-order valence-corrected chi connectivity index (χ0v) is 14.1. The van der Waals surface area contributed by atoms with E-state index < -0.39 is 5.54 Å². The second-order valence-electron chi connectivity index (χ2n) is 6.29. The van der Waals surface area contributed by atoms with Gasteiger partial charge in [-0.3, -0.25) is 9.59 Å².